The number of halogens is 1. The lowest BCUT2D eigenvalue weighted by molar-refractivity contribution is -0.121. The molecule has 1 heterocycles. The first kappa shape index (κ1) is 19.9. The summed E-state index contributed by atoms with van der Waals surface area (Å²) in [6.07, 6.45) is 1.28. The number of aromatic nitrogens is 2. The van der Waals surface area contributed by atoms with Gasteiger partial charge in [0.1, 0.15) is 11.9 Å². The minimum Gasteiger partial charge on any atom is -0.342 e. The molecule has 2 N–H and O–H groups in total. The Kier molecular flexibility index (Phi) is 6.13. The minimum atomic E-state index is -0.674. The van der Waals surface area contributed by atoms with Crippen molar-refractivity contribution in [2.24, 2.45) is 0 Å². The topological polar surface area (TPSA) is 97.1 Å². The van der Waals surface area contributed by atoms with Crippen molar-refractivity contribution in [3.05, 3.63) is 89.8 Å². The van der Waals surface area contributed by atoms with Crippen molar-refractivity contribution in [3.8, 4) is 0 Å². The molecule has 0 aliphatic heterocycles. The highest BCUT2D eigenvalue weighted by atomic mass is 19.1. The van der Waals surface area contributed by atoms with Gasteiger partial charge < -0.3 is 15.2 Å². The first-order valence-corrected chi connectivity index (χ1v) is 8.82. The molecule has 1 unspecified atom stereocenters. The summed E-state index contributed by atoms with van der Waals surface area (Å²) in [6.45, 7) is 5.04. The standard InChI is InChI=1S/C21H19FN4O3/c1-3-18(27)24-17-10-4-14(5-11-17)12-19(28)25-20(21-23-13(2)29-26-21)15-6-8-16(22)9-7-15/h3-11,20H,1,12H2,2H3,(H,24,27)(H,25,28). The molecule has 7 nitrogen and oxygen atoms in total. The number of nitrogens with zero attached hydrogens (tertiary/aromatic N) is 2. The van der Waals surface area contributed by atoms with Crippen LogP contribution in [0.5, 0.6) is 0 Å². The predicted molar refractivity (Wildman–Crippen MR) is 104 cm³/mol. The molecule has 148 valence electrons. The minimum absolute atomic E-state index is 0.101. The van der Waals surface area contributed by atoms with E-state index in [1.165, 1.54) is 18.2 Å². The second-order valence-corrected chi connectivity index (χ2v) is 6.29. The number of benzene rings is 2. The molecule has 8 heteroatoms. The lowest BCUT2D eigenvalue weighted by Gasteiger charge is -2.16. The molecule has 0 radical (unpaired) electrons. The third kappa shape index (κ3) is 5.35. The zero-order valence-corrected chi connectivity index (χ0v) is 15.7. The second-order valence-electron chi connectivity index (χ2n) is 6.29. The number of carbonyl (C=O) groups excluding carboxylic acids is 2. The quantitative estimate of drug-likeness (QED) is 0.600. The van der Waals surface area contributed by atoms with Gasteiger partial charge in [-0.1, -0.05) is 36.0 Å². The molecule has 2 aromatic carbocycles. The average Bonchev–Trinajstić information content (AvgIpc) is 3.14. The molecule has 2 amide bonds. The fourth-order valence-corrected chi connectivity index (χ4v) is 2.68. The van der Waals surface area contributed by atoms with Crippen LogP contribution in [0, 0.1) is 12.7 Å². The highest BCUT2D eigenvalue weighted by Crippen LogP contribution is 2.20. The summed E-state index contributed by atoms with van der Waals surface area (Å²) in [5.74, 6) is -0.326. The molecular formula is C21H19FN4O3. The molecule has 0 spiro atoms. The third-order valence-electron chi connectivity index (χ3n) is 4.08. The highest BCUT2D eigenvalue weighted by molar-refractivity contribution is 5.98. The lowest BCUT2D eigenvalue weighted by Crippen LogP contribution is -2.31. The van der Waals surface area contributed by atoms with Gasteiger partial charge in [-0.2, -0.15) is 4.98 Å². The van der Waals surface area contributed by atoms with Crippen molar-refractivity contribution in [3.63, 3.8) is 0 Å². The Hall–Kier alpha value is -3.81. The molecule has 1 atom stereocenters. The maximum absolute atomic E-state index is 13.3. The molecule has 3 rings (SSSR count). The lowest BCUT2D eigenvalue weighted by atomic mass is 10.1. The van der Waals surface area contributed by atoms with E-state index in [0.717, 1.165) is 5.56 Å². The van der Waals surface area contributed by atoms with Gasteiger partial charge in [-0.15, -0.1) is 0 Å². The van der Waals surface area contributed by atoms with Gasteiger partial charge in [-0.3, -0.25) is 9.59 Å². The average molecular weight is 394 g/mol. The van der Waals surface area contributed by atoms with E-state index in [-0.39, 0.29) is 29.9 Å². The van der Waals surface area contributed by atoms with Crippen LogP contribution in [0.15, 0.2) is 65.7 Å². The largest absolute Gasteiger partial charge is 0.342 e. The normalized spacial score (nSPS) is 11.5. The van der Waals surface area contributed by atoms with E-state index >= 15 is 0 Å². The van der Waals surface area contributed by atoms with Crippen molar-refractivity contribution in [2.75, 3.05) is 5.32 Å². The summed E-state index contributed by atoms with van der Waals surface area (Å²) < 4.78 is 18.3. The number of amides is 2. The summed E-state index contributed by atoms with van der Waals surface area (Å²) in [7, 11) is 0. The van der Waals surface area contributed by atoms with Crippen LogP contribution in [0.3, 0.4) is 0 Å². The third-order valence-corrected chi connectivity index (χ3v) is 4.08. The Bertz CT molecular complexity index is 1010. The molecule has 29 heavy (non-hydrogen) atoms. The summed E-state index contributed by atoms with van der Waals surface area (Å²) in [4.78, 5) is 28.1. The predicted octanol–water partition coefficient (Wildman–Crippen LogP) is 3.09. The van der Waals surface area contributed by atoms with Crippen LogP contribution in [0.4, 0.5) is 10.1 Å². The fraction of sp³-hybridized carbons (Fsp3) is 0.143. The van der Waals surface area contributed by atoms with Crippen LogP contribution in [0.25, 0.3) is 0 Å². The molecule has 1 aromatic heterocycles. The van der Waals surface area contributed by atoms with E-state index in [4.69, 9.17) is 4.52 Å². The molecule has 0 aliphatic carbocycles. The smallest absolute Gasteiger partial charge is 0.247 e. The van der Waals surface area contributed by atoms with Crippen LogP contribution < -0.4 is 10.6 Å². The zero-order valence-electron chi connectivity index (χ0n) is 15.7. The summed E-state index contributed by atoms with van der Waals surface area (Å²) in [5, 5.41) is 9.38. The van der Waals surface area contributed by atoms with Crippen LogP contribution in [-0.2, 0) is 16.0 Å². The van der Waals surface area contributed by atoms with E-state index in [9.17, 15) is 14.0 Å². The molecule has 0 fully saturated rings. The van der Waals surface area contributed by atoms with Crippen molar-refractivity contribution >= 4 is 17.5 Å². The van der Waals surface area contributed by atoms with Crippen LogP contribution in [-0.4, -0.2) is 22.0 Å². The number of carbonyl (C=O) groups is 2. The van der Waals surface area contributed by atoms with Crippen LogP contribution in [0.2, 0.25) is 0 Å². The van der Waals surface area contributed by atoms with E-state index in [0.29, 0.717) is 17.1 Å². The summed E-state index contributed by atoms with van der Waals surface area (Å²) in [5.41, 5.74) is 1.98. The van der Waals surface area contributed by atoms with Gasteiger partial charge in [0.05, 0.1) is 6.42 Å². The first-order valence-electron chi connectivity index (χ1n) is 8.82. The maximum atomic E-state index is 13.3. The Balaban J connectivity index is 1.72. The number of hydrogen-bond donors (Lipinski definition) is 2. The Labute approximate surface area is 166 Å². The van der Waals surface area contributed by atoms with E-state index in [1.54, 1.807) is 43.3 Å². The van der Waals surface area contributed by atoms with Gasteiger partial charge in [0.25, 0.3) is 0 Å². The van der Waals surface area contributed by atoms with Crippen LogP contribution >= 0.6 is 0 Å². The summed E-state index contributed by atoms with van der Waals surface area (Å²) >= 11 is 0. The Morgan fingerprint density at radius 2 is 1.86 bits per heavy atom. The van der Waals surface area contributed by atoms with Crippen molar-refractivity contribution < 1.29 is 18.5 Å². The van der Waals surface area contributed by atoms with E-state index in [1.807, 2.05) is 0 Å². The number of hydrogen-bond acceptors (Lipinski definition) is 5. The van der Waals surface area contributed by atoms with Crippen molar-refractivity contribution in [2.45, 2.75) is 19.4 Å². The van der Waals surface area contributed by atoms with Crippen molar-refractivity contribution in [1.82, 2.24) is 15.5 Å². The van der Waals surface area contributed by atoms with Gasteiger partial charge in [0.15, 0.2) is 5.82 Å². The second kappa shape index (κ2) is 8.92. The zero-order chi connectivity index (χ0) is 20.8. The Morgan fingerprint density at radius 1 is 1.17 bits per heavy atom. The molecule has 0 saturated heterocycles. The molecule has 0 aliphatic rings. The highest BCUT2D eigenvalue weighted by Gasteiger charge is 2.22. The summed E-state index contributed by atoms with van der Waals surface area (Å²) in [6, 6.07) is 11.9. The molecule has 0 bridgehead atoms. The number of rotatable bonds is 7. The monoisotopic (exact) mass is 394 g/mol. The molecule has 0 saturated carbocycles. The number of nitrogens with one attached hydrogen (secondary N) is 2. The SMILES string of the molecule is C=CC(=O)Nc1ccc(CC(=O)NC(c2ccc(F)cc2)c2noc(C)n2)cc1. The van der Waals surface area contributed by atoms with Gasteiger partial charge in [-0.25, -0.2) is 4.39 Å². The maximum Gasteiger partial charge on any atom is 0.247 e. The molecular weight excluding hydrogens is 375 g/mol. The van der Waals surface area contributed by atoms with E-state index < -0.39 is 6.04 Å². The Morgan fingerprint density at radius 3 is 2.45 bits per heavy atom. The first-order chi connectivity index (χ1) is 13.9. The van der Waals surface area contributed by atoms with Gasteiger partial charge in [0, 0.05) is 12.6 Å². The van der Waals surface area contributed by atoms with Crippen LogP contribution in [0.1, 0.15) is 28.9 Å². The van der Waals surface area contributed by atoms with Crippen molar-refractivity contribution in [1.29, 1.82) is 0 Å². The van der Waals surface area contributed by atoms with Gasteiger partial charge in [-0.05, 0) is 41.5 Å². The van der Waals surface area contributed by atoms with Gasteiger partial charge >= 0.3 is 0 Å². The van der Waals surface area contributed by atoms with Gasteiger partial charge in [0.2, 0.25) is 17.7 Å². The fourth-order valence-electron chi connectivity index (χ4n) is 2.68. The molecule has 3 aromatic rings. The number of anilines is 1. The number of aryl methyl sites for hydroxylation is 1. The van der Waals surface area contributed by atoms with E-state index in [2.05, 4.69) is 27.4 Å².